The average Bonchev–Trinajstić information content (AvgIpc) is 2.84. The molecular formula is C25H24ClF4N3O2. The Bertz CT molecular complexity index is 1140. The number of pyridine rings is 1. The lowest BCUT2D eigenvalue weighted by molar-refractivity contribution is -0.141. The molecule has 0 unspecified atom stereocenters. The smallest absolute Gasteiger partial charge is 0.433 e. The molecule has 35 heavy (non-hydrogen) atoms. The number of carbonyl (C=O) groups is 1. The summed E-state index contributed by atoms with van der Waals surface area (Å²) in [6, 6.07) is 12.2. The minimum atomic E-state index is -4.52. The first-order chi connectivity index (χ1) is 16.6. The van der Waals surface area contributed by atoms with Gasteiger partial charge in [0.05, 0.1) is 7.11 Å². The number of alkyl halides is 3. The van der Waals surface area contributed by atoms with Crippen LogP contribution in [0.3, 0.4) is 0 Å². The number of aryl methyl sites for hydroxylation is 1. The molecule has 0 bridgehead atoms. The van der Waals surface area contributed by atoms with E-state index in [0.717, 1.165) is 6.07 Å². The van der Waals surface area contributed by atoms with Crippen molar-refractivity contribution in [2.75, 3.05) is 14.2 Å². The summed E-state index contributed by atoms with van der Waals surface area (Å²) in [7, 11) is 2.86. The van der Waals surface area contributed by atoms with Crippen molar-refractivity contribution in [1.82, 2.24) is 15.6 Å². The number of halogens is 5. The van der Waals surface area contributed by atoms with Gasteiger partial charge in [0, 0.05) is 24.3 Å². The van der Waals surface area contributed by atoms with Crippen LogP contribution in [0.15, 0.2) is 60.8 Å². The number of nitrogens with one attached hydrogen (secondary N) is 2. The third-order valence-electron chi connectivity index (χ3n) is 5.49. The van der Waals surface area contributed by atoms with Gasteiger partial charge in [0.2, 0.25) is 5.91 Å². The summed E-state index contributed by atoms with van der Waals surface area (Å²) in [5, 5.41) is 6.44. The van der Waals surface area contributed by atoms with Crippen molar-refractivity contribution in [1.29, 1.82) is 0 Å². The summed E-state index contributed by atoms with van der Waals surface area (Å²) in [5.74, 6) is -0.807. The molecule has 2 aromatic carbocycles. The standard InChI is InChI=1S/C25H24ClF4N3O2/c1-31-24(34)23(16-5-8-18(26)9-6-16)33-20(17-7-10-19(27)21(13-17)35-2)11-3-15-4-12-22(32-14-15)25(28,29)30/h4-10,12-14,20,23,33H,3,11H2,1-2H3,(H,31,34)/t20-,23+/m0/s1. The zero-order chi connectivity index (χ0) is 25.6. The molecule has 1 aromatic heterocycles. The lowest BCUT2D eigenvalue weighted by Crippen LogP contribution is -2.38. The van der Waals surface area contributed by atoms with E-state index in [1.165, 1.54) is 38.6 Å². The Labute approximate surface area is 205 Å². The van der Waals surface area contributed by atoms with Crippen molar-refractivity contribution in [2.24, 2.45) is 0 Å². The molecule has 0 radical (unpaired) electrons. The van der Waals surface area contributed by atoms with Gasteiger partial charge in [-0.05, 0) is 59.9 Å². The number of hydrogen-bond acceptors (Lipinski definition) is 4. The molecule has 0 fully saturated rings. The van der Waals surface area contributed by atoms with Crippen LogP contribution in [-0.2, 0) is 17.4 Å². The Kier molecular flexibility index (Phi) is 8.69. The lowest BCUT2D eigenvalue weighted by atomic mass is 9.96. The monoisotopic (exact) mass is 509 g/mol. The Hall–Kier alpha value is -3.17. The van der Waals surface area contributed by atoms with E-state index in [1.54, 1.807) is 30.3 Å². The van der Waals surface area contributed by atoms with E-state index in [-0.39, 0.29) is 11.7 Å². The van der Waals surface area contributed by atoms with Crippen LogP contribution in [0.5, 0.6) is 5.75 Å². The van der Waals surface area contributed by atoms with Gasteiger partial charge < -0.3 is 10.1 Å². The molecule has 2 N–H and O–H groups in total. The first-order valence-corrected chi connectivity index (χ1v) is 11.1. The van der Waals surface area contributed by atoms with E-state index in [4.69, 9.17) is 16.3 Å². The van der Waals surface area contributed by atoms with E-state index >= 15 is 0 Å². The highest BCUT2D eigenvalue weighted by molar-refractivity contribution is 6.30. The number of rotatable bonds is 9. The molecule has 0 aliphatic heterocycles. The molecule has 10 heteroatoms. The molecule has 1 heterocycles. The van der Waals surface area contributed by atoms with E-state index < -0.39 is 29.8 Å². The number of amides is 1. The first-order valence-electron chi connectivity index (χ1n) is 10.7. The molecule has 3 aromatic rings. The summed E-state index contributed by atoms with van der Waals surface area (Å²) in [6.07, 6.45) is -2.61. The van der Waals surface area contributed by atoms with Crippen LogP contribution in [0.4, 0.5) is 17.6 Å². The van der Waals surface area contributed by atoms with Gasteiger partial charge in [-0.25, -0.2) is 4.39 Å². The van der Waals surface area contributed by atoms with Crippen molar-refractivity contribution in [3.63, 3.8) is 0 Å². The molecule has 0 aliphatic carbocycles. The Balaban J connectivity index is 1.91. The van der Waals surface area contributed by atoms with E-state index in [0.29, 0.717) is 34.6 Å². The van der Waals surface area contributed by atoms with E-state index in [9.17, 15) is 22.4 Å². The molecular weight excluding hydrogens is 486 g/mol. The van der Waals surface area contributed by atoms with Gasteiger partial charge >= 0.3 is 6.18 Å². The predicted molar refractivity (Wildman–Crippen MR) is 125 cm³/mol. The van der Waals surface area contributed by atoms with Gasteiger partial charge in [-0.1, -0.05) is 35.9 Å². The van der Waals surface area contributed by atoms with Crippen LogP contribution in [0.25, 0.3) is 0 Å². The number of likely N-dealkylation sites (N-methyl/N-ethyl adjacent to an activating group) is 1. The predicted octanol–water partition coefficient (Wildman–Crippen LogP) is 5.65. The van der Waals surface area contributed by atoms with Crippen LogP contribution in [0.1, 0.15) is 40.9 Å². The largest absolute Gasteiger partial charge is 0.494 e. The zero-order valence-electron chi connectivity index (χ0n) is 19.0. The molecule has 2 atom stereocenters. The maximum Gasteiger partial charge on any atom is 0.433 e. The van der Waals surface area contributed by atoms with Crippen LogP contribution < -0.4 is 15.4 Å². The number of nitrogens with zero attached hydrogens (tertiary/aromatic N) is 1. The molecule has 0 saturated carbocycles. The molecule has 1 amide bonds. The third kappa shape index (κ3) is 6.93. The highest BCUT2D eigenvalue weighted by Crippen LogP contribution is 2.30. The molecule has 0 aliphatic rings. The molecule has 5 nitrogen and oxygen atoms in total. The highest BCUT2D eigenvalue weighted by atomic mass is 35.5. The van der Waals surface area contributed by atoms with Gasteiger partial charge in [-0.2, -0.15) is 13.2 Å². The molecule has 0 spiro atoms. The van der Waals surface area contributed by atoms with Crippen LogP contribution >= 0.6 is 11.6 Å². The van der Waals surface area contributed by atoms with Crippen LogP contribution in [0.2, 0.25) is 5.02 Å². The zero-order valence-corrected chi connectivity index (χ0v) is 19.8. The topological polar surface area (TPSA) is 63.2 Å². The number of aromatic nitrogens is 1. The fourth-order valence-corrected chi connectivity index (χ4v) is 3.74. The summed E-state index contributed by atoms with van der Waals surface area (Å²) in [4.78, 5) is 16.2. The van der Waals surface area contributed by atoms with Crippen molar-refractivity contribution in [3.05, 3.63) is 94.0 Å². The normalized spacial score (nSPS) is 13.2. The van der Waals surface area contributed by atoms with Gasteiger partial charge in [-0.15, -0.1) is 0 Å². The Morgan fingerprint density at radius 2 is 1.77 bits per heavy atom. The number of methoxy groups -OCH3 is 1. The van der Waals surface area contributed by atoms with Crippen LogP contribution in [0, 0.1) is 5.82 Å². The molecule has 3 rings (SSSR count). The van der Waals surface area contributed by atoms with Crippen molar-refractivity contribution < 1.29 is 27.1 Å². The first kappa shape index (κ1) is 26.4. The fourth-order valence-electron chi connectivity index (χ4n) is 3.61. The van der Waals surface area contributed by atoms with Gasteiger partial charge in [0.25, 0.3) is 0 Å². The average molecular weight is 510 g/mol. The lowest BCUT2D eigenvalue weighted by Gasteiger charge is -2.26. The summed E-state index contributed by atoms with van der Waals surface area (Å²) in [6.45, 7) is 0. The summed E-state index contributed by atoms with van der Waals surface area (Å²) >= 11 is 5.99. The second-order valence-corrected chi connectivity index (χ2v) is 8.24. The molecule has 186 valence electrons. The maximum atomic E-state index is 14.0. The Morgan fingerprint density at radius 3 is 2.34 bits per heavy atom. The number of hydrogen-bond donors (Lipinski definition) is 2. The SMILES string of the molecule is CNC(=O)[C@H](N[C@@H](CCc1ccc(C(F)(F)F)nc1)c1ccc(F)c(OC)c1)c1ccc(Cl)cc1. The van der Waals surface area contributed by atoms with Gasteiger partial charge in [0.1, 0.15) is 11.7 Å². The highest BCUT2D eigenvalue weighted by Gasteiger charge is 2.32. The number of ether oxygens (including phenoxy) is 1. The van der Waals surface area contributed by atoms with Crippen molar-refractivity contribution in [2.45, 2.75) is 31.1 Å². The van der Waals surface area contributed by atoms with Gasteiger partial charge in [-0.3, -0.25) is 15.1 Å². The maximum absolute atomic E-state index is 14.0. The second-order valence-electron chi connectivity index (χ2n) is 7.80. The fraction of sp³-hybridized carbons (Fsp3) is 0.280. The number of carbonyl (C=O) groups excluding carboxylic acids is 1. The van der Waals surface area contributed by atoms with Crippen LogP contribution in [-0.4, -0.2) is 25.0 Å². The Morgan fingerprint density at radius 1 is 1.09 bits per heavy atom. The minimum Gasteiger partial charge on any atom is -0.494 e. The number of benzene rings is 2. The summed E-state index contributed by atoms with van der Waals surface area (Å²) in [5.41, 5.74) is 0.915. The third-order valence-corrected chi connectivity index (χ3v) is 5.75. The van der Waals surface area contributed by atoms with E-state index in [2.05, 4.69) is 15.6 Å². The minimum absolute atomic E-state index is 0.0356. The van der Waals surface area contributed by atoms with Crippen molar-refractivity contribution in [3.8, 4) is 5.75 Å². The van der Waals surface area contributed by atoms with E-state index in [1.807, 2.05) is 0 Å². The second kappa shape index (κ2) is 11.5. The quantitative estimate of drug-likeness (QED) is 0.366. The molecule has 0 saturated heterocycles. The summed E-state index contributed by atoms with van der Waals surface area (Å²) < 4.78 is 57.7. The van der Waals surface area contributed by atoms with Gasteiger partial charge in [0.15, 0.2) is 11.6 Å². The van der Waals surface area contributed by atoms with Crippen molar-refractivity contribution >= 4 is 17.5 Å².